The second kappa shape index (κ2) is 5.70. The van der Waals surface area contributed by atoms with Crippen molar-refractivity contribution in [3.8, 4) is 0 Å². The highest BCUT2D eigenvalue weighted by molar-refractivity contribution is 7.91. The minimum atomic E-state index is -4.14. The van der Waals surface area contributed by atoms with E-state index >= 15 is 0 Å². The Morgan fingerprint density at radius 2 is 1.95 bits per heavy atom. The van der Waals surface area contributed by atoms with Gasteiger partial charge in [-0.3, -0.25) is 10.1 Å². The SMILES string of the molecule is O=[N+]([O-])c1ccccc1S(=O)(=O)NC1CCCS(=O)(=O)C1. The number of nitro groups is 1. The Labute approximate surface area is 122 Å². The van der Waals surface area contributed by atoms with Crippen molar-refractivity contribution < 1.29 is 21.8 Å². The Bertz CT molecular complexity index is 757. The van der Waals surface area contributed by atoms with Gasteiger partial charge < -0.3 is 0 Å². The van der Waals surface area contributed by atoms with E-state index < -0.39 is 41.4 Å². The number of hydrogen-bond donors (Lipinski definition) is 1. The van der Waals surface area contributed by atoms with E-state index in [-0.39, 0.29) is 11.5 Å². The van der Waals surface area contributed by atoms with Gasteiger partial charge in [-0.25, -0.2) is 21.6 Å². The molecule has 2 rings (SSSR count). The summed E-state index contributed by atoms with van der Waals surface area (Å²) in [4.78, 5) is 9.64. The standard InChI is InChI=1S/C11H14N2O6S2/c14-13(15)10-5-1-2-6-11(10)21(18,19)12-9-4-3-7-20(16,17)8-9/h1-2,5-6,9,12H,3-4,7-8H2. The van der Waals surface area contributed by atoms with E-state index in [0.717, 1.165) is 12.1 Å². The number of hydrogen-bond acceptors (Lipinski definition) is 6. The minimum Gasteiger partial charge on any atom is -0.258 e. The first-order valence-electron chi connectivity index (χ1n) is 6.17. The first-order chi connectivity index (χ1) is 9.71. The van der Waals surface area contributed by atoms with Crippen LogP contribution in [0.3, 0.4) is 0 Å². The Hall–Kier alpha value is -1.52. The van der Waals surface area contributed by atoms with Crippen molar-refractivity contribution in [3.05, 3.63) is 34.4 Å². The minimum absolute atomic E-state index is 0.0384. The second-order valence-corrected chi connectivity index (χ2v) is 8.71. The van der Waals surface area contributed by atoms with Crippen LogP contribution in [0.15, 0.2) is 29.2 Å². The first kappa shape index (κ1) is 15.9. The molecule has 1 aromatic rings. The van der Waals surface area contributed by atoms with Gasteiger partial charge in [0.05, 0.1) is 16.4 Å². The van der Waals surface area contributed by atoms with Gasteiger partial charge in [-0.05, 0) is 18.9 Å². The van der Waals surface area contributed by atoms with Crippen molar-refractivity contribution in [2.45, 2.75) is 23.8 Å². The maximum absolute atomic E-state index is 12.2. The number of nitrogens with zero attached hydrogens (tertiary/aromatic N) is 1. The Morgan fingerprint density at radius 3 is 2.57 bits per heavy atom. The Balaban J connectivity index is 2.29. The van der Waals surface area contributed by atoms with E-state index in [1.807, 2.05) is 0 Å². The van der Waals surface area contributed by atoms with Gasteiger partial charge in [0.25, 0.3) is 5.69 Å². The molecule has 1 saturated heterocycles. The van der Waals surface area contributed by atoms with Crippen molar-refractivity contribution in [3.63, 3.8) is 0 Å². The summed E-state index contributed by atoms with van der Waals surface area (Å²) in [7, 11) is -7.42. The molecule has 0 amide bonds. The van der Waals surface area contributed by atoms with Crippen molar-refractivity contribution in [1.29, 1.82) is 0 Å². The first-order valence-corrected chi connectivity index (χ1v) is 9.48. The van der Waals surface area contributed by atoms with Gasteiger partial charge in [0.1, 0.15) is 0 Å². The zero-order valence-electron chi connectivity index (χ0n) is 10.9. The third-order valence-electron chi connectivity index (χ3n) is 3.14. The van der Waals surface area contributed by atoms with E-state index in [0.29, 0.717) is 12.8 Å². The van der Waals surface area contributed by atoms with Gasteiger partial charge in [-0.2, -0.15) is 0 Å². The predicted octanol–water partition coefficient (Wildman–Crippen LogP) is 0.450. The molecule has 0 aromatic heterocycles. The molecule has 0 bridgehead atoms. The zero-order valence-corrected chi connectivity index (χ0v) is 12.6. The van der Waals surface area contributed by atoms with Gasteiger partial charge in [-0.1, -0.05) is 12.1 Å². The molecule has 1 N–H and O–H groups in total. The molecule has 21 heavy (non-hydrogen) atoms. The van der Waals surface area contributed by atoms with Crippen LogP contribution in [0.5, 0.6) is 0 Å². The monoisotopic (exact) mass is 334 g/mol. The lowest BCUT2D eigenvalue weighted by molar-refractivity contribution is -0.387. The summed E-state index contributed by atoms with van der Waals surface area (Å²) in [6, 6.07) is 4.19. The van der Waals surface area contributed by atoms with Crippen LogP contribution in [0.4, 0.5) is 5.69 Å². The van der Waals surface area contributed by atoms with Crippen LogP contribution in [0, 0.1) is 10.1 Å². The largest absolute Gasteiger partial charge is 0.289 e. The van der Waals surface area contributed by atoms with Gasteiger partial charge in [-0.15, -0.1) is 0 Å². The number of para-hydroxylation sites is 1. The van der Waals surface area contributed by atoms with Crippen molar-refractivity contribution in [1.82, 2.24) is 4.72 Å². The average molecular weight is 334 g/mol. The van der Waals surface area contributed by atoms with Crippen LogP contribution in [0.1, 0.15) is 12.8 Å². The number of nitro benzene ring substituents is 1. The third kappa shape index (κ3) is 3.77. The molecule has 0 spiro atoms. The van der Waals surface area contributed by atoms with E-state index in [1.165, 1.54) is 12.1 Å². The van der Waals surface area contributed by atoms with Crippen molar-refractivity contribution in [2.24, 2.45) is 0 Å². The van der Waals surface area contributed by atoms with Crippen LogP contribution in [0.2, 0.25) is 0 Å². The zero-order chi connectivity index (χ0) is 15.7. The molecule has 8 nitrogen and oxygen atoms in total. The summed E-state index contributed by atoms with van der Waals surface area (Å²) < 4.78 is 49.7. The predicted molar refractivity (Wildman–Crippen MR) is 75.1 cm³/mol. The van der Waals surface area contributed by atoms with Gasteiger partial charge in [0, 0.05) is 12.1 Å². The molecule has 1 unspecified atom stereocenters. The fourth-order valence-electron chi connectivity index (χ4n) is 2.23. The molecule has 10 heteroatoms. The van der Waals surface area contributed by atoms with Crippen LogP contribution in [-0.4, -0.2) is 39.3 Å². The molecule has 0 saturated carbocycles. The molecule has 1 atom stereocenters. The second-order valence-electron chi connectivity index (χ2n) is 4.80. The molecule has 1 aliphatic heterocycles. The highest BCUT2D eigenvalue weighted by Crippen LogP contribution is 2.24. The highest BCUT2D eigenvalue weighted by Gasteiger charge is 2.31. The van der Waals surface area contributed by atoms with Gasteiger partial charge in [0.2, 0.25) is 10.0 Å². The maximum Gasteiger partial charge on any atom is 0.289 e. The summed E-state index contributed by atoms with van der Waals surface area (Å²) in [6.45, 7) is 0. The number of sulfone groups is 1. The van der Waals surface area contributed by atoms with E-state index in [4.69, 9.17) is 0 Å². The summed E-state index contributed by atoms with van der Waals surface area (Å²) >= 11 is 0. The number of nitrogens with one attached hydrogen (secondary N) is 1. The van der Waals surface area contributed by atoms with Crippen LogP contribution in [-0.2, 0) is 19.9 Å². The lowest BCUT2D eigenvalue weighted by Gasteiger charge is -2.22. The van der Waals surface area contributed by atoms with E-state index in [9.17, 15) is 26.9 Å². The molecule has 1 heterocycles. The summed E-state index contributed by atoms with van der Waals surface area (Å²) in [5.41, 5.74) is -0.538. The molecule has 1 aromatic carbocycles. The molecule has 116 valence electrons. The van der Waals surface area contributed by atoms with Crippen LogP contribution >= 0.6 is 0 Å². The molecular formula is C11H14N2O6S2. The Morgan fingerprint density at radius 1 is 1.29 bits per heavy atom. The van der Waals surface area contributed by atoms with Crippen LogP contribution in [0.25, 0.3) is 0 Å². The molecular weight excluding hydrogens is 320 g/mol. The number of rotatable bonds is 4. The summed E-state index contributed by atoms with van der Waals surface area (Å²) in [6.07, 6.45) is 0.755. The molecule has 1 fully saturated rings. The molecule has 0 radical (unpaired) electrons. The number of benzene rings is 1. The third-order valence-corrected chi connectivity index (χ3v) is 6.53. The summed E-state index contributed by atoms with van der Waals surface area (Å²) in [5.74, 6) is -0.246. The number of sulfonamides is 1. The topological polar surface area (TPSA) is 123 Å². The van der Waals surface area contributed by atoms with Gasteiger partial charge in [0.15, 0.2) is 14.7 Å². The fourth-order valence-corrected chi connectivity index (χ4v) is 5.42. The van der Waals surface area contributed by atoms with Crippen LogP contribution < -0.4 is 4.72 Å². The normalized spacial score (nSPS) is 21.8. The average Bonchev–Trinajstić information content (AvgIpc) is 2.37. The van der Waals surface area contributed by atoms with Crippen molar-refractivity contribution >= 4 is 25.5 Å². The smallest absolute Gasteiger partial charge is 0.258 e. The molecule has 0 aliphatic carbocycles. The summed E-state index contributed by atoms with van der Waals surface area (Å²) in [5, 5.41) is 10.9. The van der Waals surface area contributed by atoms with E-state index in [1.54, 1.807) is 0 Å². The van der Waals surface area contributed by atoms with Gasteiger partial charge >= 0.3 is 0 Å². The molecule has 1 aliphatic rings. The quantitative estimate of drug-likeness (QED) is 0.630. The fraction of sp³-hybridized carbons (Fsp3) is 0.455. The lowest BCUT2D eigenvalue weighted by Crippen LogP contribution is -2.43. The highest BCUT2D eigenvalue weighted by atomic mass is 32.2. The Kier molecular flexibility index (Phi) is 4.30. The van der Waals surface area contributed by atoms with E-state index in [2.05, 4.69) is 4.72 Å². The maximum atomic E-state index is 12.2. The van der Waals surface area contributed by atoms with Crippen molar-refractivity contribution in [2.75, 3.05) is 11.5 Å². The lowest BCUT2D eigenvalue weighted by atomic mass is 10.2.